The van der Waals surface area contributed by atoms with Crippen LogP contribution in [-0.2, 0) is 6.61 Å². The molecule has 0 fully saturated rings. The molecule has 0 radical (unpaired) electrons. The first-order chi connectivity index (χ1) is 13.1. The Morgan fingerprint density at radius 2 is 1.78 bits per heavy atom. The number of rotatable bonds is 6. The summed E-state index contributed by atoms with van der Waals surface area (Å²) in [6, 6.07) is 19.0. The zero-order valence-corrected chi connectivity index (χ0v) is 15.2. The van der Waals surface area contributed by atoms with Gasteiger partial charge >= 0.3 is 0 Å². The van der Waals surface area contributed by atoms with E-state index in [9.17, 15) is 9.18 Å². The maximum absolute atomic E-state index is 13.4. The predicted molar refractivity (Wildman–Crippen MR) is 103 cm³/mol. The minimum Gasteiger partial charge on any atom is -0.493 e. The molecule has 3 aromatic rings. The van der Waals surface area contributed by atoms with Gasteiger partial charge in [-0.15, -0.1) is 0 Å². The topological polar surface area (TPSA) is 47.6 Å². The highest BCUT2D eigenvalue weighted by Gasteiger charge is 2.13. The summed E-state index contributed by atoms with van der Waals surface area (Å²) in [5.74, 6) is 0.240. The van der Waals surface area contributed by atoms with Crippen molar-refractivity contribution in [1.29, 1.82) is 0 Å². The molecule has 138 valence electrons. The number of hydrogen-bond donors (Lipinski definition) is 1. The molecule has 0 aliphatic rings. The molecule has 0 aromatic heterocycles. The quantitative estimate of drug-likeness (QED) is 0.671. The normalized spacial score (nSPS) is 10.3. The Kier molecular flexibility index (Phi) is 5.71. The van der Waals surface area contributed by atoms with Crippen LogP contribution in [0.2, 0.25) is 0 Å². The van der Waals surface area contributed by atoms with E-state index in [0.717, 1.165) is 11.1 Å². The fourth-order valence-electron chi connectivity index (χ4n) is 2.59. The molecule has 0 unspecified atom stereocenters. The van der Waals surface area contributed by atoms with Crippen LogP contribution in [0.15, 0.2) is 66.7 Å². The second-order valence-corrected chi connectivity index (χ2v) is 6.05. The highest BCUT2D eigenvalue weighted by molar-refractivity contribution is 6.05. The number of hydrogen-bond acceptors (Lipinski definition) is 3. The number of halogens is 1. The Labute approximate surface area is 157 Å². The molecule has 0 heterocycles. The van der Waals surface area contributed by atoms with Gasteiger partial charge in [0.25, 0.3) is 5.91 Å². The van der Waals surface area contributed by atoms with Crippen molar-refractivity contribution in [2.45, 2.75) is 13.5 Å². The monoisotopic (exact) mass is 365 g/mol. The summed E-state index contributed by atoms with van der Waals surface area (Å²) in [5, 5.41) is 2.72. The summed E-state index contributed by atoms with van der Waals surface area (Å²) >= 11 is 0. The maximum atomic E-state index is 13.4. The molecule has 0 bridgehead atoms. The number of anilines is 1. The average molecular weight is 365 g/mol. The lowest BCUT2D eigenvalue weighted by molar-refractivity contribution is 0.102. The van der Waals surface area contributed by atoms with Crippen molar-refractivity contribution in [1.82, 2.24) is 0 Å². The van der Waals surface area contributed by atoms with E-state index in [1.165, 1.54) is 19.2 Å². The number of nitrogens with one attached hydrogen (secondary N) is 1. The lowest BCUT2D eigenvalue weighted by Gasteiger charge is -2.13. The second-order valence-electron chi connectivity index (χ2n) is 6.05. The molecule has 5 heteroatoms. The van der Waals surface area contributed by atoms with Crippen molar-refractivity contribution in [2.75, 3.05) is 12.4 Å². The van der Waals surface area contributed by atoms with Crippen LogP contribution in [-0.4, -0.2) is 13.0 Å². The van der Waals surface area contributed by atoms with Gasteiger partial charge in [0, 0.05) is 11.3 Å². The molecular weight excluding hydrogens is 345 g/mol. The fourth-order valence-corrected chi connectivity index (χ4v) is 2.59. The second kappa shape index (κ2) is 8.36. The number of aryl methyl sites for hydroxylation is 1. The molecule has 27 heavy (non-hydrogen) atoms. The number of ether oxygens (including phenoxy) is 2. The van der Waals surface area contributed by atoms with Gasteiger partial charge in [0.2, 0.25) is 0 Å². The average Bonchev–Trinajstić information content (AvgIpc) is 2.69. The van der Waals surface area contributed by atoms with Crippen LogP contribution >= 0.6 is 0 Å². The minimum atomic E-state index is -0.404. The Morgan fingerprint density at radius 1 is 1.00 bits per heavy atom. The van der Waals surface area contributed by atoms with Gasteiger partial charge in [-0.25, -0.2) is 4.39 Å². The van der Waals surface area contributed by atoms with E-state index in [0.29, 0.717) is 29.4 Å². The molecule has 1 amide bonds. The third kappa shape index (κ3) is 4.64. The molecule has 3 rings (SSSR count). The Hall–Kier alpha value is -3.34. The molecule has 3 aromatic carbocycles. The van der Waals surface area contributed by atoms with E-state index in [4.69, 9.17) is 9.47 Å². The molecular formula is C22H20FNO3. The van der Waals surface area contributed by atoms with Crippen molar-refractivity contribution >= 4 is 11.6 Å². The third-order valence-electron chi connectivity index (χ3n) is 4.11. The number of amides is 1. The van der Waals surface area contributed by atoms with Crippen molar-refractivity contribution in [3.63, 3.8) is 0 Å². The van der Waals surface area contributed by atoms with Gasteiger partial charge in [-0.05, 0) is 48.4 Å². The van der Waals surface area contributed by atoms with E-state index in [1.54, 1.807) is 31.2 Å². The standard InChI is InChI=1S/C22H20FNO3/c1-15-8-10-18(23)13-19(15)24-22(25)17-9-11-20(21(12-17)26-2)27-14-16-6-4-3-5-7-16/h3-13H,14H2,1-2H3,(H,24,25). The van der Waals surface area contributed by atoms with E-state index >= 15 is 0 Å². The summed E-state index contributed by atoms with van der Waals surface area (Å²) in [4.78, 5) is 12.5. The van der Waals surface area contributed by atoms with Gasteiger partial charge < -0.3 is 14.8 Å². The lowest BCUT2D eigenvalue weighted by atomic mass is 10.1. The van der Waals surface area contributed by atoms with Crippen molar-refractivity contribution < 1.29 is 18.7 Å². The van der Waals surface area contributed by atoms with Crippen LogP contribution in [0.4, 0.5) is 10.1 Å². The van der Waals surface area contributed by atoms with Crippen LogP contribution in [0.25, 0.3) is 0 Å². The molecule has 0 aliphatic carbocycles. The zero-order chi connectivity index (χ0) is 19.2. The smallest absolute Gasteiger partial charge is 0.255 e. The van der Waals surface area contributed by atoms with Crippen LogP contribution in [0.5, 0.6) is 11.5 Å². The largest absolute Gasteiger partial charge is 0.493 e. The molecule has 0 saturated carbocycles. The van der Waals surface area contributed by atoms with E-state index in [2.05, 4.69) is 5.32 Å². The molecule has 0 aliphatic heterocycles. The predicted octanol–water partition coefficient (Wildman–Crippen LogP) is 4.97. The van der Waals surface area contributed by atoms with Crippen LogP contribution < -0.4 is 14.8 Å². The van der Waals surface area contributed by atoms with Gasteiger partial charge in [0.15, 0.2) is 11.5 Å². The van der Waals surface area contributed by atoms with Gasteiger partial charge in [0.1, 0.15) is 12.4 Å². The van der Waals surface area contributed by atoms with Crippen molar-refractivity contribution in [3.05, 3.63) is 89.2 Å². The Balaban J connectivity index is 1.74. The highest BCUT2D eigenvalue weighted by atomic mass is 19.1. The van der Waals surface area contributed by atoms with E-state index in [1.807, 2.05) is 30.3 Å². The molecule has 4 nitrogen and oxygen atoms in total. The highest BCUT2D eigenvalue weighted by Crippen LogP contribution is 2.29. The first-order valence-corrected chi connectivity index (χ1v) is 8.49. The van der Waals surface area contributed by atoms with Crippen molar-refractivity contribution in [2.24, 2.45) is 0 Å². The summed E-state index contributed by atoms with van der Waals surface area (Å²) in [5.41, 5.74) is 2.63. The number of methoxy groups -OCH3 is 1. The minimum absolute atomic E-state index is 0.350. The molecule has 0 saturated heterocycles. The first-order valence-electron chi connectivity index (χ1n) is 8.49. The number of benzene rings is 3. The maximum Gasteiger partial charge on any atom is 0.255 e. The van der Waals surface area contributed by atoms with Crippen LogP contribution in [0.1, 0.15) is 21.5 Å². The zero-order valence-electron chi connectivity index (χ0n) is 15.2. The fraction of sp³-hybridized carbons (Fsp3) is 0.136. The van der Waals surface area contributed by atoms with Crippen LogP contribution in [0.3, 0.4) is 0 Å². The SMILES string of the molecule is COc1cc(C(=O)Nc2cc(F)ccc2C)ccc1OCc1ccccc1. The third-order valence-corrected chi connectivity index (χ3v) is 4.11. The van der Waals surface area contributed by atoms with Gasteiger partial charge in [0.05, 0.1) is 7.11 Å². The number of carbonyl (C=O) groups is 1. The lowest BCUT2D eigenvalue weighted by Crippen LogP contribution is -2.13. The van der Waals surface area contributed by atoms with Crippen molar-refractivity contribution in [3.8, 4) is 11.5 Å². The van der Waals surface area contributed by atoms with Gasteiger partial charge in [-0.3, -0.25) is 4.79 Å². The van der Waals surface area contributed by atoms with Gasteiger partial charge in [-0.1, -0.05) is 36.4 Å². The van der Waals surface area contributed by atoms with E-state index < -0.39 is 5.82 Å². The summed E-state index contributed by atoms with van der Waals surface area (Å²) < 4.78 is 24.6. The summed E-state index contributed by atoms with van der Waals surface area (Å²) in [6.45, 7) is 2.20. The number of carbonyl (C=O) groups excluding carboxylic acids is 1. The van der Waals surface area contributed by atoms with Gasteiger partial charge in [-0.2, -0.15) is 0 Å². The summed E-state index contributed by atoms with van der Waals surface area (Å²) in [7, 11) is 1.52. The molecule has 0 spiro atoms. The summed E-state index contributed by atoms with van der Waals surface area (Å²) in [6.07, 6.45) is 0. The first kappa shape index (κ1) is 18.5. The Morgan fingerprint density at radius 3 is 2.52 bits per heavy atom. The van der Waals surface area contributed by atoms with E-state index in [-0.39, 0.29) is 5.91 Å². The molecule has 1 N–H and O–H groups in total. The Bertz CT molecular complexity index is 942. The molecule has 0 atom stereocenters. The van der Waals surface area contributed by atoms with Crippen LogP contribution in [0, 0.1) is 12.7 Å².